The number of pyridine rings is 1. The van der Waals surface area contributed by atoms with Gasteiger partial charge in [-0.05, 0) is 36.9 Å². The Kier molecular flexibility index (Phi) is 3.38. The minimum Gasteiger partial charge on any atom is -0.378 e. The monoisotopic (exact) mass is 262 g/mol. The van der Waals surface area contributed by atoms with Crippen LogP contribution in [0.2, 0.25) is 0 Å². The van der Waals surface area contributed by atoms with Crippen LogP contribution in [0.4, 0.5) is 5.69 Å². The first-order valence-electron chi connectivity index (χ1n) is 6.90. The number of nitrogens with one attached hydrogen (secondary N) is 1. The number of aryl methyl sites for hydroxylation is 1. The van der Waals surface area contributed by atoms with E-state index in [1.165, 1.54) is 16.5 Å². The molecule has 1 N–H and O–H groups in total. The molecule has 2 aromatic carbocycles. The molecule has 3 aromatic rings. The van der Waals surface area contributed by atoms with Crippen LogP contribution >= 0.6 is 0 Å². The number of fused-ring (bicyclic) bond motifs is 1. The molecule has 0 fully saturated rings. The van der Waals surface area contributed by atoms with E-state index < -0.39 is 0 Å². The summed E-state index contributed by atoms with van der Waals surface area (Å²) in [4.78, 5) is 4.23. The van der Waals surface area contributed by atoms with Gasteiger partial charge in [0.25, 0.3) is 0 Å². The van der Waals surface area contributed by atoms with E-state index in [4.69, 9.17) is 0 Å². The summed E-state index contributed by atoms with van der Waals surface area (Å²) in [6, 6.07) is 17.3. The molecule has 1 heterocycles. The molecule has 1 unspecified atom stereocenters. The lowest BCUT2D eigenvalue weighted by molar-refractivity contribution is 0.886. The van der Waals surface area contributed by atoms with Crippen LogP contribution in [-0.4, -0.2) is 4.98 Å². The maximum atomic E-state index is 4.23. The smallest absolute Gasteiger partial charge is 0.0485 e. The van der Waals surface area contributed by atoms with Gasteiger partial charge in [-0.25, -0.2) is 0 Å². The molecule has 2 nitrogen and oxygen atoms in total. The molecule has 0 aliphatic carbocycles. The topological polar surface area (TPSA) is 24.9 Å². The van der Waals surface area contributed by atoms with E-state index >= 15 is 0 Å². The number of hydrogen-bond acceptors (Lipinski definition) is 2. The molecule has 0 spiro atoms. The zero-order valence-corrected chi connectivity index (χ0v) is 11.8. The third-order valence-corrected chi connectivity index (χ3v) is 3.63. The maximum absolute atomic E-state index is 4.23. The summed E-state index contributed by atoms with van der Waals surface area (Å²) in [6.07, 6.45) is 3.75. The van der Waals surface area contributed by atoms with Crippen LogP contribution in [0, 0.1) is 6.92 Å². The highest BCUT2D eigenvalue weighted by Gasteiger charge is 2.07. The SMILES string of the molecule is Cc1ccc(C(C)Nc2cccc3ccncc23)cc1. The van der Waals surface area contributed by atoms with E-state index in [9.17, 15) is 0 Å². The van der Waals surface area contributed by atoms with Crippen LogP contribution < -0.4 is 5.32 Å². The summed E-state index contributed by atoms with van der Waals surface area (Å²) < 4.78 is 0. The van der Waals surface area contributed by atoms with Crippen LogP contribution in [0.15, 0.2) is 60.9 Å². The van der Waals surface area contributed by atoms with E-state index in [-0.39, 0.29) is 6.04 Å². The maximum Gasteiger partial charge on any atom is 0.0485 e. The van der Waals surface area contributed by atoms with Crippen LogP contribution in [0.25, 0.3) is 10.8 Å². The number of hydrogen-bond donors (Lipinski definition) is 1. The third kappa shape index (κ3) is 2.50. The fourth-order valence-electron chi connectivity index (χ4n) is 2.41. The Morgan fingerprint density at radius 3 is 2.60 bits per heavy atom. The van der Waals surface area contributed by atoms with Gasteiger partial charge in [0.15, 0.2) is 0 Å². The van der Waals surface area contributed by atoms with E-state index in [1.54, 1.807) is 0 Å². The Morgan fingerprint density at radius 2 is 1.80 bits per heavy atom. The first-order chi connectivity index (χ1) is 9.74. The van der Waals surface area contributed by atoms with Crippen LogP contribution in [-0.2, 0) is 0 Å². The van der Waals surface area contributed by atoms with Crippen molar-refractivity contribution in [3.8, 4) is 0 Å². The van der Waals surface area contributed by atoms with Crippen molar-refractivity contribution in [2.24, 2.45) is 0 Å². The molecule has 20 heavy (non-hydrogen) atoms. The zero-order valence-electron chi connectivity index (χ0n) is 11.8. The van der Waals surface area contributed by atoms with Gasteiger partial charge < -0.3 is 5.32 Å². The largest absolute Gasteiger partial charge is 0.378 e. The fraction of sp³-hybridized carbons (Fsp3) is 0.167. The zero-order chi connectivity index (χ0) is 13.9. The molecular formula is C18H18N2. The van der Waals surface area contributed by atoms with Gasteiger partial charge >= 0.3 is 0 Å². The second-order valence-electron chi connectivity index (χ2n) is 5.18. The summed E-state index contributed by atoms with van der Waals surface area (Å²) in [5, 5.41) is 5.95. The normalized spacial score (nSPS) is 12.3. The Balaban J connectivity index is 1.91. The van der Waals surface area contributed by atoms with Gasteiger partial charge in [0.05, 0.1) is 0 Å². The summed E-state index contributed by atoms with van der Waals surface area (Å²) >= 11 is 0. The Bertz CT molecular complexity index is 712. The molecule has 1 aromatic heterocycles. The van der Waals surface area contributed by atoms with Crippen LogP contribution in [0.5, 0.6) is 0 Å². The van der Waals surface area contributed by atoms with Gasteiger partial charge in [-0.3, -0.25) is 4.98 Å². The van der Waals surface area contributed by atoms with Crippen molar-refractivity contribution < 1.29 is 0 Å². The van der Waals surface area contributed by atoms with E-state index in [2.05, 4.69) is 66.6 Å². The van der Waals surface area contributed by atoms with Crippen molar-refractivity contribution in [2.45, 2.75) is 19.9 Å². The second-order valence-corrected chi connectivity index (χ2v) is 5.18. The second kappa shape index (κ2) is 5.33. The van der Waals surface area contributed by atoms with Crippen molar-refractivity contribution in [3.05, 3.63) is 72.1 Å². The van der Waals surface area contributed by atoms with Crippen molar-refractivity contribution in [3.63, 3.8) is 0 Å². The number of anilines is 1. The van der Waals surface area contributed by atoms with Gasteiger partial charge in [0, 0.05) is 29.5 Å². The van der Waals surface area contributed by atoms with Gasteiger partial charge in [-0.15, -0.1) is 0 Å². The average Bonchev–Trinajstić information content (AvgIpc) is 2.48. The van der Waals surface area contributed by atoms with E-state index in [1.807, 2.05) is 18.5 Å². The van der Waals surface area contributed by atoms with Gasteiger partial charge in [0.1, 0.15) is 0 Å². The van der Waals surface area contributed by atoms with Crippen LogP contribution in [0.1, 0.15) is 24.1 Å². The van der Waals surface area contributed by atoms with Crippen molar-refractivity contribution >= 4 is 16.5 Å². The van der Waals surface area contributed by atoms with Crippen molar-refractivity contribution in [1.82, 2.24) is 4.98 Å². The predicted molar refractivity (Wildman–Crippen MR) is 85.0 cm³/mol. The molecule has 0 aliphatic rings. The highest BCUT2D eigenvalue weighted by Crippen LogP contribution is 2.26. The van der Waals surface area contributed by atoms with E-state index in [0.29, 0.717) is 0 Å². The quantitative estimate of drug-likeness (QED) is 0.739. The molecule has 0 saturated heterocycles. The van der Waals surface area contributed by atoms with Crippen molar-refractivity contribution in [1.29, 1.82) is 0 Å². The highest BCUT2D eigenvalue weighted by molar-refractivity contribution is 5.93. The third-order valence-electron chi connectivity index (χ3n) is 3.63. The Morgan fingerprint density at radius 1 is 1.00 bits per heavy atom. The summed E-state index contributed by atoms with van der Waals surface area (Å²) in [6.45, 7) is 4.29. The van der Waals surface area contributed by atoms with Crippen LogP contribution in [0.3, 0.4) is 0 Å². The molecule has 0 bridgehead atoms. The summed E-state index contributed by atoms with van der Waals surface area (Å²) in [5.74, 6) is 0. The minimum absolute atomic E-state index is 0.265. The first kappa shape index (κ1) is 12.7. The lowest BCUT2D eigenvalue weighted by atomic mass is 10.1. The minimum atomic E-state index is 0.265. The highest BCUT2D eigenvalue weighted by atomic mass is 14.9. The molecule has 3 rings (SSSR count). The number of nitrogens with zero attached hydrogens (tertiary/aromatic N) is 1. The molecular weight excluding hydrogens is 244 g/mol. The number of aromatic nitrogens is 1. The first-order valence-corrected chi connectivity index (χ1v) is 6.90. The number of rotatable bonds is 3. The predicted octanol–water partition coefficient (Wildman–Crippen LogP) is 4.72. The van der Waals surface area contributed by atoms with E-state index in [0.717, 1.165) is 11.1 Å². The van der Waals surface area contributed by atoms with Gasteiger partial charge in [-0.1, -0.05) is 42.0 Å². The van der Waals surface area contributed by atoms with Gasteiger partial charge in [0.2, 0.25) is 0 Å². The standard InChI is InChI=1S/C18H18N2/c1-13-6-8-15(9-7-13)14(2)20-18-5-3-4-16-10-11-19-12-17(16)18/h3-12,14,20H,1-2H3. The number of benzene rings is 2. The molecule has 1 atom stereocenters. The summed E-state index contributed by atoms with van der Waals surface area (Å²) in [5.41, 5.74) is 3.70. The lowest BCUT2D eigenvalue weighted by Crippen LogP contribution is -2.06. The lowest BCUT2D eigenvalue weighted by Gasteiger charge is -2.17. The molecule has 100 valence electrons. The van der Waals surface area contributed by atoms with Gasteiger partial charge in [-0.2, -0.15) is 0 Å². The molecule has 2 heteroatoms. The average molecular weight is 262 g/mol. The Hall–Kier alpha value is -2.35. The molecule has 0 saturated carbocycles. The Labute approximate surface area is 119 Å². The molecule has 0 amide bonds. The fourth-order valence-corrected chi connectivity index (χ4v) is 2.41. The molecule has 0 aliphatic heterocycles. The summed E-state index contributed by atoms with van der Waals surface area (Å²) in [7, 11) is 0. The van der Waals surface area contributed by atoms with Crippen molar-refractivity contribution in [2.75, 3.05) is 5.32 Å². The molecule has 0 radical (unpaired) electrons.